The standard InChI is InChI=1S/C22H19N3O/c1-25-20-10-6-5-9-18(20)19-12-11-17(13-21(19)25)14-22(26)24-23-15-16-7-3-2-4-8-16/h2-13,15H,14H2,1H3,(H,24,26)/b23-15+. The van der Waals surface area contributed by atoms with Crippen molar-refractivity contribution < 1.29 is 4.79 Å². The van der Waals surface area contributed by atoms with Crippen LogP contribution in [0.3, 0.4) is 0 Å². The summed E-state index contributed by atoms with van der Waals surface area (Å²) in [5.74, 6) is -0.129. The molecule has 1 heterocycles. The molecule has 0 aliphatic carbocycles. The highest BCUT2D eigenvalue weighted by Crippen LogP contribution is 2.28. The van der Waals surface area contributed by atoms with Crippen LogP contribution in [0.2, 0.25) is 0 Å². The highest BCUT2D eigenvalue weighted by molar-refractivity contribution is 6.08. The Morgan fingerprint density at radius 3 is 2.54 bits per heavy atom. The number of fused-ring (bicyclic) bond motifs is 3. The molecule has 128 valence electrons. The monoisotopic (exact) mass is 341 g/mol. The Hall–Kier alpha value is -3.40. The summed E-state index contributed by atoms with van der Waals surface area (Å²) in [7, 11) is 2.05. The molecule has 1 aromatic heterocycles. The molecular formula is C22H19N3O. The smallest absolute Gasteiger partial charge is 0.244 e. The van der Waals surface area contributed by atoms with E-state index in [1.165, 1.54) is 16.3 Å². The van der Waals surface area contributed by atoms with Crippen LogP contribution in [0, 0.1) is 0 Å². The van der Waals surface area contributed by atoms with Gasteiger partial charge in [-0.2, -0.15) is 5.10 Å². The van der Waals surface area contributed by atoms with E-state index in [2.05, 4.69) is 46.4 Å². The van der Waals surface area contributed by atoms with Gasteiger partial charge in [0.15, 0.2) is 0 Å². The molecule has 26 heavy (non-hydrogen) atoms. The molecule has 1 amide bonds. The molecular weight excluding hydrogens is 322 g/mol. The van der Waals surface area contributed by atoms with Crippen LogP contribution in [-0.2, 0) is 18.3 Å². The fourth-order valence-electron chi connectivity index (χ4n) is 3.26. The van der Waals surface area contributed by atoms with E-state index >= 15 is 0 Å². The molecule has 3 aromatic carbocycles. The summed E-state index contributed by atoms with van der Waals surface area (Å²) in [6.45, 7) is 0. The number of rotatable bonds is 4. The van der Waals surface area contributed by atoms with E-state index < -0.39 is 0 Å². The van der Waals surface area contributed by atoms with E-state index in [1.54, 1.807) is 6.21 Å². The molecule has 1 N–H and O–H groups in total. The van der Waals surface area contributed by atoms with Crippen molar-refractivity contribution in [2.75, 3.05) is 0 Å². The number of hydrogen-bond donors (Lipinski definition) is 1. The summed E-state index contributed by atoms with van der Waals surface area (Å²) >= 11 is 0. The molecule has 0 aliphatic rings. The van der Waals surface area contributed by atoms with Crippen molar-refractivity contribution in [2.24, 2.45) is 12.1 Å². The van der Waals surface area contributed by atoms with Gasteiger partial charge in [0.05, 0.1) is 12.6 Å². The lowest BCUT2D eigenvalue weighted by Gasteiger charge is -2.03. The highest BCUT2D eigenvalue weighted by atomic mass is 16.2. The molecule has 0 unspecified atom stereocenters. The molecule has 0 bridgehead atoms. The predicted octanol–water partition coefficient (Wildman–Crippen LogP) is 4.02. The van der Waals surface area contributed by atoms with Gasteiger partial charge in [-0.25, -0.2) is 5.43 Å². The molecule has 4 aromatic rings. The van der Waals surface area contributed by atoms with Gasteiger partial charge in [0.1, 0.15) is 0 Å². The Bertz CT molecular complexity index is 1110. The third-order valence-electron chi connectivity index (χ3n) is 4.55. The van der Waals surface area contributed by atoms with Crippen molar-refractivity contribution in [3.63, 3.8) is 0 Å². The number of nitrogens with one attached hydrogen (secondary N) is 1. The lowest BCUT2D eigenvalue weighted by atomic mass is 10.1. The zero-order valence-electron chi connectivity index (χ0n) is 14.5. The molecule has 0 saturated carbocycles. The number of nitrogens with zero attached hydrogens (tertiary/aromatic N) is 2. The number of hydrogen-bond acceptors (Lipinski definition) is 2. The third kappa shape index (κ3) is 3.09. The maximum absolute atomic E-state index is 12.2. The second-order valence-corrected chi connectivity index (χ2v) is 6.31. The molecule has 0 radical (unpaired) electrons. The summed E-state index contributed by atoms with van der Waals surface area (Å²) in [5, 5.41) is 6.46. The van der Waals surface area contributed by atoms with E-state index in [4.69, 9.17) is 0 Å². The maximum atomic E-state index is 12.2. The van der Waals surface area contributed by atoms with Crippen molar-refractivity contribution >= 4 is 33.9 Å². The van der Waals surface area contributed by atoms with Gasteiger partial charge in [0.2, 0.25) is 5.91 Å². The van der Waals surface area contributed by atoms with Crippen LogP contribution in [0.15, 0.2) is 77.9 Å². The second kappa shape index (κ2) is 6.84. The lowest BCUT2D eigenvalue weighted by Crippen LogP contribution is -2.19. The highest BCUT2D eigenvalue weighted by Gasteiger charge is 2.09. The van der Waals surface area contributed by atoms with Gasteiger partial charge < -0.3 is 4.57 Å². The predicted molar refractivity (Wildman–Crippen MR) is 106 cm³/mol. The number of benzene rings is 3. The summed E-state index contributed by atoms with van der Waals surface area (Å²) in [4.78, 5) is 12.2. The number of carbonyl (C=O) groups excluding carboxylic acids is 1. The van der Waals surface area contributed by atoms with E-state index in [0.29, 0.717) is 6.42 Å². The zero-order valence-corrected chi connectivity index (χ0v) is 14.5. The molecule has 0 atom stereocenters. The lowest BCUT2D eigenvalue weighted by molar-refractivity contribution is -0.120. The Labute approximate surface area is 151 Å². The molecule has 4 heteroatoms. The van der Waals surface area contributed by atoms with Crippen LogP contribution in [0.4, 0.5) is 0 Å². The molecule has 0 spiro atoms. The average molecular weight is 341 g/mol. The van der Waals surface area contributed by atoms with E-state index in [1.807, 2.05) is 48.5 Å². The average Bonchev–Trinajstić information content (AvgIpc) is 2.95. The van der Waals surface area contributed by atoms with Gasteiger partial charge >= 0.3 is 0 Å². The Balaban J connectivity index is 1.52. The minimum Gasteiger partial charge on any atom is -0.344 e. The van der Waals surface area contributed by atoms with Crippen LogP contribution < -0.4 is 5.43 Å². The fraction of sp³-hybridized carbons (Fsp3) is 0.0909. The minimum absolute atomic E-state index is 0.129. The number of amides is 1. The molecule has 0 fully saturated rings. The zero-order chi connectivity index (χ0) is 17.9. The topological polar surface area (TPSA) is 46.4 Å². The molecule has 0 saturated heterocycles. The second-order valence-electron chi connectivity index (χ2n) is 6.31. The van der Waals surface area contributed by atoms with E-state index in [-0.39, 0.29) is 5.91 Å². The first-order chi connectivity index (χ1) is 12.7. The van der Waals surface area contributed by atoms with E-state index in [0.717, 1.165) is 16.6 Å². The maximum Gasteiger partial charge on any atom is 0.244 e. The first kappa shape index (κ1) is 16.1. The number of para-hydroxylation sites is 1. The van der Waals surface area contributed by atoms with Crippen molar-refractivity contribution in [2.45, 2.75) is 6.42 Å². The van der Waals surface area contributed by atoms with Gasteiger partial charge in [-0.1, -0.05) is 60.7 Å². The molecule has 4 rings (SSSR count). The molecule has 4 nitrogen and oxygen atoms in total. The number of hydrazone groups is 1. The van der Waals surface area contributed by atoms with Crippen LogP contribution in [-0.4, -0.2) is 16.7 Å². The van der Waals surface area contributed by atoms with Crippen LogP contribution in [0.1, 0.15) is 11.1 Å². The largest absolute Gasteiger partial charge is 0.344 e. The summed E-state index contributed by atoms with van der Waals surface area (Å²) in [6.07, 6.45) is 1.94. The van der Waals surface area contributed by atoms with Gasteiger partial charge in [0.25, 0.3) is 0 Å². The number of aryl methyl sites for hydroxylation is 1. The summed E-state index contributed by atoms with van der Waals surface area (Å²) in [6, 6.07) is 24.2. The third-order valence-corrected chi connectivity index (χ3v) is 4.55. The van der Waals surface area contributed by atoms with Gasteiger partial charge in [-0.3, -0.25) is 4.79 Å². The molecule has 0 aliphatic heterocycles. The van der Waals surface area contributed by atoms with Gasteiger partial charge in [-0.05, 0) is 23.3 Å². The van der Waals surface area contributed by atoms with Crippen molar-refractivity contribution in [3.8, 4) is 0 Å². The van der Waals surface area contributed by atoms with Crippen LogP contribution in [0.5, 0.6) is 0 Å². The Morgan fingerprint density at radius 2 is 1.69 bits per heavy atom. The summed E-state index contributed by atoms with van der Waals surface area (Å²) in [5.41, 5.74) is 6.83. The first-order valence-corrected chi connectivity index (χ1v) is 8.55. The van der Waals surface area contributed by atoms with Gasteiger partial charge in [0, 0.05) is 28.9 Å². The minimum atomic E-state index is -0.129. The van der Waals surface area contributed by atoms with Crippen LogP contribution >= 0.6 is 0 Å². The quantitative estimate of drug-likeness (QED) is 0.442. The first-order valence-electron chi connectivity index (χ1n) is 8.55. The van der Waals surface area contributed by atoms with Crippen molar-refractivity contribution in [1.82, 2.24) is 9.99 Å². The normalized spacial score (nSPS) is 11.4. The number of carbonyl (C=O) groups is 1. The Kier molecular flexibility index (Phi) is 4.23. The summed E-state index contributed by atoms with van der Waals surface area (Å²) < 4.78 is 2.17. The van der Waals surface area contributed by atoms with E-state index in [9.17, 15) is 4.79 Å². The van der Waals surface area contributed by atoms with Crippen molar-refractivity contribution in [3.05, 3.63) is 83.9 Å². The number of aromatic nitrogens is 1. The van der Waals surface area contributed by atoms with Crippen LogP contribution in [0.25, 0.3) is 21.8 Å². The van der Waals surface area contributed by atoms with Gasteiger partial charge in [-0.15, -0.1) is 0 Å². The Morgan fingerprint density at radius 1 is 0.962 bits per heavy atom. The fourth-order valence-corrected chi connectivity index (χ4v) is 3.26. The SMILES string of the molecule is Cn1c2ccccc2c2ccc(CC(=O)N/N=C/c3ccccc3)cc21. The van der Waals surface area contributed by atoms with Crippen molar-refractivity contribution in [1.29, 1.82) is 0 Å².